The van der Waals surface area contributed by atoms with Crippen LogP contribution in [-0.4, -0.2) is 42.0 Å². The number of piperidine rings is 1. The van der Waals surface area contributed by atoms with Crippen molar-refractivity contribution in [3.63, 3.8) is 0 Å². The van der Waals surface area contributed by atoms with E-state index in [-0.39, 0.29) is 5.91 Å². The number of quaternary nitrogens is 1. The van der Waals surface area contributed by atoms with Crippen LogP contribution in [0.1, 0.15) is 35.9 Å². The zero-order chi connectivity index (χ0) is 20.1. The van der Waals surface area contributed by atoms with Crippen LogP contribution in [0.4, 0.5) is 0 Å². The molecule has 150 valence electrons. The number of nitrogens with one attached hydrogen (secondary N) is 1. The molecule has 6 nitrogen and oxygen atoms in total. The second-order valence-corrected chi connectivity index (χ2v) is 8.60. The number of likely N-dealkylation sites (tertiary alicyclic amines) is 1. The van der Waals surface area contributed by atoms with Crippen LogP contribution in [0.2, 0.25) is 0 Å². The van der Waals surface area contributed by atoms with Crippen LogP contribution in [-0.2, 0) is 11.3 Å². The zero-order valence-electron chi connectivity index (χ0n) is 16.3. The Balaban J connectivity index is 1.40. The van der Waals surface area contributed by atoms with E-state index in [2.05, 4.69) is 24.3 Å². The summed E-state index contributed by atoms with van der Waals surface area (Å²) in [6, 6.07) is 14.1. The maximum atomic E-state index is 13.0. The minimum absolute atomic E-state index is 0.0802. The SMILES string of the molecule is N#CCCN(Cc1ccco1)C(=O)C[NH+]1CCC[C@H](c2nc3ccccc3s2)C1. The number of aromatic nitrogens is 1. The number of hydrogen-bond acceptors (Lipinski definition) is 5. The fourth-order valence-corrected chi connectivity index (χ4v) is 5.08. The lowest BCUT2D eigenvalue weighted by molar-refractivity contribution is -0.898. The van der Waals surface area contributed by atoms with E-state index in [0.29, 0.717) is 32.0 Å². The molecule has 1 aliphatic rings. The molecule has 4 rings (SSSR count). The van der Waals surface area contributed by atoms with Gasteiger partial charge in [0.25, 0.3) is 5.91 Å². The summed E-state index contributed by atoms with van der Waals surface area (Å²) < 4.78 is 6.63. The maximum Gasteiger partial charge on any atom is 0.278 e. The second-order valence-electron chi connectivity index (χ2n) is 7.54. The second kappa shape index (κ2) is 9.21. The number of benzene rings is 1. The van der Waals surface area contributed by atoms with E-state index < -0.39 is 0 Å². The van der Waals surface area contributed by atoms with Crippen molar-refractivity contribution in [3.05, 3.63) is 53.4 Å². The summed E-state index contributed by atoms with van der Waals surface area (Å²) in [5.41, 5.74) is 1.07. The molecule has 0 bridgehead atoms. The standard InChI is InChI=1S/C22H24N4O2S/c23-10-5-12-26(15-18-7-4-13-28-18)21(27)16-25-11-3-6-17(14-25)22-24-19-8-1-2-9-20(19)29-22/h1-2,4,7-9,13,17H,3,5-6,11-12,14-16H2/p+1/t17-/m0/s1. The maximum absolute atomic E-state index is 13.0. The normalized spacial score (nSPS) is 19.1. The number of nitriles is 1. The molecule has 1 N–H and O–H groups in total. The first-order valence-corrected chi connectivity index (χ1v) is 10.9. The van der Waals surface area contributed by atoms with E-state index in [9.17, 15) is 4.79 Å². The molecular weight excluding hydrogens is 384 g/mol. The molecule has 3 heterocycles. The van der Waals surface area contributed by atoms with Crippen LogP contribution >= 0.6 is 11.3 Å². The largest absolute Gasteiger partial charge is 0.467 e. The highest BCUT2D eigenvalue weighted by Gasteiger charge is 2.29. The highest BCUT2D eigenvalue weighted by atomic mass is 32.1. The lowest BCUT2D eigenvalue weighted by Gasteiger charge is -2.30. The van der Waals surface area contributed by atoms with Gasteiger partial charge in [-0.2, -0.15) is 5.26 Å². The topological polar surface area (TPSA) is 74.6 Å². The number of carbonyl (C=O) groups is 1. The van der Waals surface area contributed by atoms with Gasteiger partial charge in [-0.3, -0.25) is 4.79 Å². The molecule has 1 aliphatic heterocycles. The quantitative estimate of drug-likeness (QED) is 0.651. The lowest BCUT2D eigenvalue weighted by Crippen LogP contribution is -3.14. The van der Waals surface area contributed by atoms with E-state index in [1.54, 1.807) is 22.5 Å². The van der Waals surface area contributed by atoms with Crippen LogP contribution in [0.3, 0.4) is 0 Å². The Labute approximate surface area is 174 Å². The average Bonchev–Trinajstić information content (AvgIpc) is 3.40. The van der Waals surface area contributed by atoms with Crippen LogP contribution in [0.15, 0.2) is 47.1 Å². The Morgan fingerprint density at radius 3 is 3.03 bits per heavy atom. The summed E-state index contributed by atoms with van der Waals surface area (Å²) in [5.74, 6) is 1.23. The highest BCUT2D eigenvalue weighted by molar-refractivity contribution is 7.18. The number of thiazole rings is 1. The highest BCUT2D eigenvalue weighted by Crippen LogP contribution is 2.30. The fourth-order valence-electron chi connectivity index (χ4n) is 3.98. The van der Waals surface area contributed by atoms with Crippen molar-refractivity contribution in [2.24, 2.45) is 0 Å². The van der Waals surface area contributed by atoms with Gasteiger partial charge >= 0.3 is 0 Å². The molecule has 29 heavy (non-hydrogen) atoms. The van der Waals surface area contributed by atoms with Crippen molar-refractivity contribution in [2.45, 2.75) is 31.7 Å². The fraction of sp³-hybridized carbons (Fsp3) is 0.409. The molecule has 1 unspecified atom stereocenters. The first kappa shape index (κ1) is 19.6. The zero-order valence-corrected chi connectivity index (χ0v) is 17.2. The van der Waals surface area contributed by atoms with E-state index >= 15 is 0 Å². The summed E-state index contributed by atoms with van der Waals surface area (Å²) >= 11 is 1.78. The van der Waals surface area contributed by atoms with Gasteiger partial charge in [0.1, 0.15) is 10.8 Å². The minimum atomic E-state index is 0.0802. The van der Waals surface area contributed by atoms with Crippen molar-refractivity contribution in [3.8, 4) is 6.07 Å². The molecule has 0 aliphatic carbocycles. The summed E-state index contributed by atoms with van der Waals surface area (Å²) in [4.78, 5) is 20.8. The number of fused-ring (bicyclic) bond motifs is 1. The van der Waals surface area contributed by atoms with Gasteiger partial charge in [0.15, 0.2) is 6.54 Å². The van der Waals surface area contributed by atoms with E-state index in [1.165, 1.54) is 14.6 Å². The Morgan fingerprint density at radius 1 is 1.34 bits per heavy atom. The Hall–Kier alpha value is -2.69. The third kappa shape index (κ3) is 4.84. The molecule has 3 aromatic rings. The average molecular weight is 410 g/mol. The van der Waals surface area contributed by atoms with Gasteiger partial charge in [-0.05, 0) is 37.1 Å². The molecule has 0 spiro atoms. The van der Waals surface area contributed by atoms with Crippen molar-refractivity contribution in [1.82, 2.24) is 9.88 Å². The first-order chi connectivity index (χ1) is 14.2. The van der Waals surface area contributed by atoms with Crippen molar-refractivity contribution >= 4 is 27.5 Å². The Morgan fingerprint density at radius 2 is 2.24 bits per heavy atom. The van der Waals surface area contributed by atoms with E-state index in [4.69, 9.17) is 14.7 Å². The number of carbonyl (C=O) groups excluding carboxylic acids is 1. The predicted octanol–water partition coefficient (Wildman–Crippen LogP) is 2.59. The lowest BCUT2D eigenvalue weighted by atomic mass is 9.98. The molecule has 1 fully saturated rings. The Bertz CT molecular complexity index is 959. The molecular formula is C22H25N4O2S+. The van der Waals surface area contributed by atoms with Crippen molar-refractivity contribution < 1.29 is 14.1 Å². The minimum Gasteiger partial charge on any atom is -0.467 e. The summed E-state index contributed by atoms with van der Waals surface area (Å²) in [5, 5.41) is 10.1. The molecule has 0 radical (unpaired) electrons. The Kier molecular flexibility index (Phi) is 6.23. The van der Waals surface area contributed by atoms with Crippen molar-refractivity contribution in [1.29, 1.82) is 5.26 Å². The van der Waals surface area contributed by atoms with Crippen molar-refractivity contribution in [2.75, 3.05) is 26.2 Å². The van der Waals surface area contributed by atoms with Gasteiger partial charge in [-0.15, -0.1) is 11.3 Å². The number of para-hydroxylation sites is 1. The molecule has 2 atom stereocenters. The van der Waals surface area contributed by atoms with Crippen LogP contribution < -0.4 is 4.90 Å². The van der Waals surface area contributed by atoms with Gasteiger partial charge < -0.3 is 14.2 Å². The number of hydrogen-bond donors (Lipinski definition) is 1. The smallest absolute Gasteiger partial charge is 0.278 e. The summed E-state index contributed by atoms with van der Waals surface area (Å²) in [7, 11) is 0. The third-order valence-electron chi connectivity index (χ3n) is 5.45. The molecule has 0 saturated carbocycles. The van der Waals surface area contributed by atoms with Crippen LogP contribution in [0.25, 0.3) is 10.2 Å². The van der Waals surface area contributed by atoms with Crippen LogP contribution in [0.5, 0.6) is 0 Å². The molecule has 1 amide bonds. The summed E-state index contributed by atoms with van der Waals surface area (Å²) in [6.07, 6.45) is 4.17. The van der Waals surface area contributed by atoms with Gasteiger partial charge in [0.2, 0.25) is 0 Å². The number of furan rings is 1. The monoisotopic (exact) mass is 409 g/mol. The van der Waals surface area contributed by atoms with Crippen LogP contribution in [0, 0.1) is 11.3 Å². The van der Waals surface area contributed by atoms with Gasteiger partial charge in [-0.1, -0.05) is 12.1 Å². The number of amides is 1. The molecule has 1 saturated heterocycles. The first-order valence-electron chi connectivity index (χ1n) is 10.1. The number of nitrogens with zero attached hydrogens (tertiary/aromatic N) is 3. The van der Waals surface area contributed by atoms with E-state index in [0.717, 1.165) is 37.2 Å². The molecule has 2 aromatic heterocycles. The molecule has 1 aromatic carbocycles. The van der Waals surface area contributed by atoms with Gasteiger partial charge in [0.05, 0.1) is 54.5 Å². The predicted molar refractivity (Wildman–Crippen MR) is 112 cm³/mol. The number of rotatable bonds is 7. The third-order valence-corrected chi connectivity index (χ3v) is 6.65. The molecule has 7 heteroatoms. The van der Waals surface area contributed by atoms with E-state index in [1.807, 2.05) is 18.2 Å². The van der Waals surface area contributed by atoms with Gasteiger partial charge in [-0.25, -0.2) is 4.98 Å². The van der Waals surface area contributed by atoms with Gasteiger partial charge in [0, 0.05) is 6.54 Å². The summed E-state index contributed by atoms with van der Waals surface area (Å²) in [6.45, 7) is 3.23.